The molecule has 21 heavy (non-hydrogen) atoms. The first-order valence-electron chi connectivity index (χ1n) is 6.84. The number of para-hydroxylation sites is 1. The fourth-order valence-corrected chi connectivity index (χ4v) is 2.11. The molecule has 0 saturated carbocycles. The van der Waals surface area contributed by atoms with E-state index in [1.165, 1.54) is 0 Å². The van der Waals surface area contributed by atoms with Gasteiger partial charge < -0.3 is 19.5 Å². The second-order valence-electron chi connectivity index (χ2n) is 4.60. The fraction of sp³-hybridized carbons (Fsp3) is 0.294. The Morgan fingerprint density at radius 1 is 0.905 bits per heavy atom. The first-order valence-corrected chi connectivity index (χ1v) is 6.84. The van der Waals surface area contributed by atoms with Crippen LogP contribution in [0.4, 0.5) is 0 Å². The van der Waals surface area contributed by atoms with E-state index >= 15 is 0 Å². The molecule has 0 amide bonds. The van der Waals surface area contributed by atoms with E-state index in [1.807, 2.05) is 49.5 Å². The summed E-state index contributed by atoms with van der Waals surface area (Å²) < 4.78 is 16.6. The molecule has 112 valence electrons. The van der Waals surface area contributed by atoms with Gasteiger partial charge in [0.2, 0.25) is 0 Å². The van der Waals surface area contributed by atoms with E-state index < -0.39 is 0 Å². The van der Waals surface area contributed by atoms with Gasteiger partial charge in [0.05, 0.1) is 14.2 Å². The molecule has 2 rings (SSSR count). The zero-order chi connectivity index (χ0) is 15.1. The van der Waals surface area contributed by atoms with Crippen molar-refractivity contribution in [3.05, 3.63) is 53.6 Å². The van der Waals surface area contributed by atoms with E-state index in [-0.39, 0.29) is 0 Å². The Balaban J connectivity index is 2.18. The largest absolute Gasteiger partial charge is 0.497 e. The van der Waals surface area contributed by atoms with Gasteiger partial charge in [0.1, 0.15) is 23.9 Å². The third-order valence-electron chi connectivity index (χ3n) is 3.22. The van der Waals surface area contributed by atoms with Gasteiger partial charge in [-0.05, 0) is 19.2 Å². The minimum atomic E-state index is 0.452. The maximum Gasteiger partial charge on any atom is 0.127 e. The van der Waals surface area contributed by atoms with Crippen LogP contribution in [-0.4, -0.2) is 21.3 Å². The maximum atomic E-state index is 5.96. The Labute approximate surface area is 125 Å². The van der Waals surface area contributed by atoms with Crippen molar-refractivity contribution in [1.29, 1.82) is 0 Å². The number of methoxy groups -OCH3 is 2. The van der Waals surface area contributed by atoms with Crippen LogP contribution in [0.5, 0.6) is 17.2 Å². The molecule has 0 fully saturated rings. The van der Waals surface area contributed by atoms with Crippen molar-refractivity contribution in [3.8, 4) is 17.2 Å². The van der Waals surface area contributed by atoms with Gasteiger partial charge in [-0.15, -0.1) is 0 Å². The minimum absolute atomic E-state index is 0.452. The van der Waals surface area contributed by atoms with Crippen LogP contribution < -0.4 is 19.5 Å². The van der Waals surface area contributed by atoms with Gasteiger partial charge in [-0.25, -0.2) is 0 Å². The van der Waals surface area contributed by atoms with E-state index in [0.29, 0.717) is 6.61 Å². The third-order valence-corrected chi connectivity index (χ3v) is 3.22. The van der Waals surface area contributed by atoms with E-state index in [0.717, 1.165) is 34.9 Å². The quantitative estimate of drug-likeness (QED) is 0.850. The smallest absolute Gasteiger partial charge is 0.127 e. The van der Waals surface area contributed by atoms with Crippen molar-refractivity contribution < 1.29 is 14.2 Å². The number of hydrogen-bond donors (Lipinski definition) is 1. The van der Waals surface area contributed by atoms with Crippen molar-refractivity contribution >= 4 is 0 Å². The summed E-state index contributed by atoms with van der Waals surface area (Å²) in [6.07, 6.45) is 0. The average molecular weight is 287 g/mol. The molecule has 2 aromatic rings. The summed E-state index contributed by atoms with van der Waals surface area (Å²) in [7, 11) is 5.22. The molecule has 0 saturated heterocycles. The van der Waals surface area contributed by atoms with Crippen LogP contribution in [0, 0.1) is 0 Å². The van der Waals surface area contributed by atoms with Crippen molar-refractivity contribution in [3.63, 3.8) is 0 Å². The molecule has 0 heterocycles. The number of ether oxygens (including phenoxy) is 3. The second-order valence-corrected chi connectivity index (χ2v) is 4.60. The van der Waals surface area contributed by atoms with Crippen molar-refractivity contribution in [1.82, 2.24) is 5.32 Å². The van der Waals surface area contributed by atoms with Crippen LogP contribution in [0.15, 0.2) is 42.5 Å². The zero-order valence-electron chi connectivity index (χ0n) is 12.7. The SMILES string of the molecule is CNCc1ccc(OC)cc1OCc1ccccc1OC. The Kier molecular flexibility index (Phi) is 5.46. The lowest BCUT2D eigenvalue weighted by Gasteiger charge is -2.14. The van der Waals surface area contributed by atoms with E-state index in [2.05, 4.69) is 5.32 Å². The molecule has 2 aromatic carbocycles. The van der Waals surface area contributed by atoms with Crippen LogP contribution in [-0.2, 0) is 13.2 Å². The van der Waals surface area contributed by atoms with Crippen LogP contribution in [0.3, 0.4) is 0 Å². The summed E-state index contributed by atoms with van der Waals surface area (Å²) in [4.78, 5) is 0. The molecule has 0 aliphatic rings. The Bertz CT molecular complexity index is 584. The predicted molar refractivity (Wildman–Crippen MR) is 83.1 cm³/mol. The maximum absolute atomic E-state index is 5.96. The van der Waals surface area contributed by atoms with Crippen molar-refractivity contribution in [2.75, 3.05) is 21.3 Å². The molecule has 0 unspecified atom stereocenters. The van der Waals surface area contributed by atoms with Gasteiger partial charge >= 0.3 is 0 Å². The van der Waals surface area contributed by atoms with Crippen molar-refractivity contribution in [2.24, 2.45) is 0 Å². The first kappa shape index (κ1) is 15.2. The number of rotatable bonds is 7. The molecular formula is C17H21NO3. The monoisotopic (exact) mass is 287 g/mol. The normalized spacial score (nSPS) is 10.2. The molecule has 0 atom stereocenters. The lowest BCUT2D eigenvalue weighted by molar-refractivity contribution is 0.291. The molecule has 0 aromatic heterocycles. The molecule has 0 aliphatic carbocycles. The van der Waals surface area contributed by atoms with Gasteiger partial charge in [-0.2, -0.15) is 0 Å². The Morgan fingerprint density at radius 2 is 1.71 bits per heavy atom. The fourth-order valence-electron chi connectivity index (χ4n) is 2.11. The van der Waals surface area contributed by atoms with E-state index in [4.69, 9.17) is 14.2 Å². The molecule has 0 spiro atoms. The summed E-state index contributed by atoms with van der Waals surface area (Å²) in [6.45, 7) is 1.19. The number of hydrogen-bond acceptors (Lipinski definition) is 4. The first-order chi connectivity index (χ1) is 10.3. The summed E-state index contributed by atoms with van der Waals surface area (Å²) >= 11 is 0. The molecule has 4 nitrogen and oxygen atoms in total. The van der Waals surface area contributed by atoms with Gasteiger partial charge in [-0.1, -0.05) is 24.3 Å². The van der Waals surface area contributed by atoms with Gasteiger partial charge in [-0.3, -0.25) is 0 Å². The lowest BCUT2D eigenvalue weighted by Crippen LogP contribution is -2.08. The number of nitrogens with one attached hydrogen (secondary N) is 1. The van der Waals surface area contributed by atoms with Gasteiger partial charge in [0.25, 0.3) is 0 Å². The standard InChI is InChI=1S/C17H21NO3/c1-18-11-13-8-9-15(19-2)10-17(13)21-12-14-6-4-5-7-16(14)20-3/h4-10,18H,11-12H2,1-3H3. The van der Waals surface area contributed by atoms with Crippen LogP contribution in [0.2, 0.25) is 0 Å². The molecule has 1 N–H and O–H groups in total. The number of benzene rings is 2. The van der Waals surface area contributed by atoms with Crippen LogP contribution >= 0.6 is 0 Å². The third kappa shape index (κ3) is 3.89. The Hall–Kier alpha value is -2.20. The topological polar surface area (TPSA) is 39.7 Å². The highest BCUT2D eigenvalue weighted by Crippen LogP contribution is 2.27. The van der Waals surface area contributed by atoms with Gasteiger partial charge in [0.15, 0.2) is 0 Å². The molecule has 0 aliphatic heterocycles. The summed E-state index contributed by atoms with van der Waals surface area (Å²) in [5, 5.41) is 3.14. The van der Waals surface area contributed by atoms with E-state index in [1.54, 1.807) is 14.2 Å². The van der Waals surface area contributed by atoms with Gasteiger partial charge in [0, 0.05) is 23.7 Å². The van der Waals surface area contributed by atoms with Crippen LogP contribution in [0.1, 0.15) is 11.1 Å². The highest BCUT2D eigenvalue weighted by Gasteiger charge is 2.08. The molecule has 0 radical (unpaired) electrons. The highest BCUT2D eigenvalue weighted by molar-refractivity contribution is 5.41. The molecular weight excluding hydrogens is 266 g/mol. The van der Waals surface area contributed by atoms with Crippen molar-refractivity contribution in [2.45, 2.75) is 13.2 Å². The van der Waals surface area contributed by atoms with Crippen LogP contribution in [0.25, 0.3) is 0 Å². The lowest BCUT2D eigenvalue weighted by atomic mass is 10.2. The predicted octanol–water partition coefficient (Wildman–Crippen LogP) is 3.00. The van der Waals surface area contributed by atoms with E-state index in [9.17, 15) is 0 Å². The average Bonchev–Trinajstić information content (AvgIpc) is 2.54. The molecule has 4 heteroatoms. The minimum Gasteiger partial charge on any atom is -0.497 e. The summed E-state index contributed by atoms with van der Waals surface area (Å²) in [5.74, 6) is 2.43. The Morgan fingerprint density at radius 3 is 2.43 bits per heavy atom. The summed E-state index contributed by atoms with van der Waals surface area (Å²) in [5.41, 5.74) is 2.10. The molecule has 0 bridgehead atoms. The second kappa shape index (κ2) is 7.55. The zero-order valence-corrected chi connectivity index (χ0v) is 12.7. The highest BCUT2D eigenvalue weighted by atomic mass is 16.5. The summed E-state index contributed by atoms with van der Waals surface area (Å²) in [6, 6.07) is 13.7.